The molecule has 3 aromatic heterocycles. The first-order chi connectivity index (χ1) is 12.8. The Morgan fingerprint density at radius 3 is 2.44 bits per heavy atom. The van der Waals surface area contributed by atoms with Crippen molar-refractivity contribution in [3.05, 3.63) is 35.1 Å². The molecule has 3 rings (SSSR count). The molecule has 0 saturated heterocycles. The van der Waals surface area contributed by atoms with Gasteiger partial charge in [0.25, 0.3) is 10.0 Å². The minimum atomic E-state index is -4.25. The minimum Gasteiger partial charge on any atom is -0.481 e. The number of rotatable bonds is 5. The van der Waals surface area contributed by atoms with E-state index in [0.717, 1.165) is 0 Å². The molecule has 142 valence electrons. The van der Waals surface area contributed by atoms with Crippen molar-refractivity contribution in [3.8, 4) is 11.8 Å². The van der Waals surface area contributed by atoms with Crippen LogP contribution in [0.2, 0.25) is 0 Å². The monoisotopic (exact) mass is 456 g/mol. The number of anilines is 1. The maximum absolute atomic E-state index is 12.6. The molecule has 3 aromatic rings. The highest BCUT2D eigenvalue weighted by Crippen LogP contribution is 2.23. The molecule has 27 heavy (non-hydrogen) atoms. The van der Waals surface area contributed by atoms with Gasteiger partial charge in [-0.1, -0.05) is 6.07 Å². The summed E-state index contributed by atoms with van der Waals surface area (Å²) in [7, 11) is -1.50. The number of nitrogens with zero attached hydrogens (tertiary/aromatic N) is 4. The van der Waals surface area contributed by atoms with Crippen molar-refractivity contribution in [2.75, 3.05) is 19.5 Å². The molecule has 0 bridgehead atoms. The van der Waals surface area contributed by atoms with Gasteiger partial charge >= 0.3 is 6.03 Å². The number of sulfonamides is 1. The summed E-state index contributed by atoms with van der Waals surface area (Å²) in [6.07, 6.45) is 1.51. The molecular weight excluding hydrogens is 444 g/mol. The Hall–Kier alpha value is -2.93. The predicted molar refractivity (Wildman–Crippen MR) is 97.4 cm³/mol. The number of urea groups is 1. The molecule has 13 heteroatoms. The van der Waals surface area contributed by atoms with Gasteiger partial charge in [-0.2, -0.15) is 18.4 Å². The van der Waals surface area contributed by atoms with Crippen LogP contribution in [0.5, 0.6) is 11.8 Å². The van der Waals surface area contributed by atoms with Crippen molar-refractivity contribution < 1.29 is 22.7 Å². The quantitative estimate of drug-likeness (QED) is 0.587. The van der Waals surface area contributed by atoms with Crippen molar-refractivity contribution in [2.24, 2.45) is 0 Å². The maximum atomic E-state index is 12.6. The highest BCUT2D eigenvalue weighted by Gasteiger charge is 2.26. The van der Waals surface area contributed by atoms with Crippen LogP contribution in [-0.2, 0) is 10.0 Å². The van der Waals surface area contributed by atoms with Gasteiger partial charge in [-0.05, 0) is 28.1 Å². The third-order valence-corrected chi connectivity index (χ3v) is 5.42. The van der Waals surface area contributed by atoms with Gasteiger partial charge in [-0.25, -0.2) is 14.5 Å². The average Bonchev–Trinajstić information content (AvgIpc) is 2.97. The number of aromatic nitrogens is 4. The van der Waals surface area contributed by atoms with Gasteiger partial charge in [-0.3, -0.25) is 9.72 Å². The Bertz CT molecular complexity index is 1090. The summed E-state index contributed by atoms with van der Waals surface area (Å²) in [5.41, 5.74) is 0.394. The normalized spacial score (nSPS) is 11.2. The summed E-state index contributed by atoms with van der Waals surface area (Å²) in [5.74, 6) is 0.0604. The van der Waals surface area contributed by atoms with Gasteiger partial charge in [0.1, 0.15) is 10.3 Å². The SMILES string of the molecule is COc1cc(OC)nc(NC(=O)NS(=O)(=O)c2c(Br)nc3ccccn23)n1. The lowest BCUT2D eigenvalue weighted by atomic mass is 10.5. The van der Waals surface area contributed by atoms with Crippen molar-refractivity contribution >= 4 is 43.6 Å². The second-order valence-corrected chi connectivity index (χ2v) is 7.32. The molecule has 0 fully saturated rings. The van der Waals surface area contributed by atoms with Gasteiger partial charge in [0.05, 0.1) is 20.3 Å². The molecule has 0 spiro atoms. The number of pyridine rings is 1. The van der Waals surface area contributed by atoms with Crippen molar-refractivity contribution in [2.45, 2.75) is 5.03 Å². The number of imidazole rings is 1. The molecular formula is C14H13BrN6O5S. The lowest BCUT2D eigenvalue weighted by Crippen LogP contribution is -2.35. The Kier molecular flexibility index (Phi) is 5.14. The third kappa shape index (κ3) is 3.93. The van der Waals surface area contributed by atoms with Crippen LogP contribution in [0.1, 0.15) is 0 Å². The number of ether oxygens (including phenoxy) is 2. The third-order valence-electron chi connectivity index (χ3n) is 3.25. The summed E-state index contributed by atoms with van der Waals surface area (Å²) in [6.45, 7) is 0. The fraction of sp³-hybridized carbons (Fsp3) is 0.143. The fourth-order valence-corrected chi connectivity index (χ4v) is 4.24. The highest BCUT2D eigenvalue weighted by molar-refractivity contribution is 9.10. The van der Waals surface area contributed by atoms with Crippen LogP contribution in [0, 0.1) is 0 Å². The predicted octanol–water partition coefficient (Wildman–Crippen LogP) is 1.41. The van der Waals surface area contributed by atoms with E-state index in [1.165, 1.54) is 30.9 Å². The summed E-state index contributed by atoms with van der Waals surface area (Å²) in [5, 5.41) is 2.00. The molecule has 0 atom stereocenters. The Labute approximate surface area is 161 Å². The molecule has 0 aliphatic rings. The van der Waals surface area contributed by atoms with Crippen LogP contribution in [0.4, 0.5) is 10.7 Å². The smallest absolute Gasteiger partial charge is 0.335 e. The van der Waals surface area contributed by atoms with Crippen LogP contribution in [0.15, 0.2) is 40.1 Å². The maximum Gasteiger partial charge on any atom is 0.335 e. The Morgan fingerprint density at radius 1 is 1.15 bits per heavy atom. The number of amides is 2. The number of carbonyl (C=O) groups is 1. The summed E-state index contributed by atoms with van der Waals surface area (Å²) in [6, 6.07) is 5.30. The molecule has 0 aromatic carbocycles. The summed E-state index contributed by atoms with van der Waals surface area (Å²) >= 11 is 3.10. The van der Waals surface area contributed by atoms with Crippen LogP contribution in [0.3, 0.4) is 0 Å². The van der Waals surface area contributed by atoms with Crippen LogP contribution >= 0.6 is 15.9 Å². The molecule has 0 unspecified atom stereocenters. The van der Waals surface area contributed by atoms with E-state index in [9.17, 15) is 13.2 Å². The van der Waals surface area contributed by atoms with Gasteiger partial charge in [0, 0.05) is 6.20 Å². The number of hydrogen-bond acceptors (Lipinski definition) is 8. The molecule has 0 radical (unpaired) electrons. The zero-order valence-corrected chi connectivity index (χ0v) is 16.4. The first-order valence-electron chi connectivity index (χ1n) is 7.27. The fourth-order valence-electron chi connectivity index (χ4n) is 2.15. The van der Waals surface area contributed by atoms with Crippen molar-refractivity contribution in [1.29, 1.82) is 0 Å². The summed E-state index contributed by atoms with van der Waals surface area (Å²) in [4.78, 5) is 24.0. The Morgan fingerprint density at radius 2 is 1.81 bits per heavy atom. The van der Waals surface area contributed by atoms with E-state index in [-0.39, 0.29) is 27.3 Å². The second kappa shape index (κ2) is 7.36. The van der Waals surface area contributed by atoms with Gasteiger partial charge in [-0.15, -0.1) is 0 Å². The molecule has 0 aliphatic carbocycles. The Balaban J connectivity index is 1.86. The number of nitrogens with one attached hydrogen (secondary N) is 2. The van der Waals surface area contributed by atoms with E-state index in [1.807, 2.05) is 4.72 Å². The largest absolute Gasteiger partial charge is 0.481 e. The standard InChI is InChI=1S/C14H13BrN6O5S/c1-25-9-7-10(26-2)18-13(17-9)19-14(22)20-27(23,24)12-11(15)16-8-5-3-4-6-21(8)12/h3-7H,1-2H3,(H2,17,18,19,20,22). The molecule has 2 amide bonds. The topological polar surface area (TPSA) is 137 Å². The highest BCUT2D eigenvalue weighted by atomic mass is 79.9. The lowest BCUT2D eigenvalue weighted by molar-refractivity contribution is 0.256. The van der Waals surface area contributed by atoms with E-state index in [4.69, 9.17) is 9.47 Å². The first kappa shape index (κ1) is 18.8. The van der Waals surface area contributed by atoms with E-state index in [0.29, 0.717) is 5.65 Å². The zero-order chi connectivity index (χ0) is 19.6. The van der Waals surface area contributed by atoms with Crippen molar-refractivity contribution in [3.63, 3.8) is 0 Å². The van der Waals surface area contributed by atoms with E-state index < -0.39 is 16.1 Å². The van der Waals surface area contributed by atoms with Gasteiger partial charge < -0.3 is 9.47 Å². The second-order valence-electron chi connectivity index (χ2n) is 4.97. The van der Waals surface area contributed by atoms with Crippen molar-refractivity contribution in [1.82, 2.24) is 24.1 Å². The number of carbonyl (C=O) groups excluding carboxylic acids is 1. The molecule has 3 heterocycles. The number of methoxy groups -OCH3 is 2. The zero-order valence-electron chi connectivity index (χ0n) is 14.0. The molecule has 0 aliphatic heterocycles. The van der Waals surface area contributed by atoms with Crippen LogP contribution in [-0.4, -0.2) is 48.0 Å². The van der Waals surface area contributed by atoms with Gasteiger partial charge in [0.15, 0.2) is 5.03 Å². The molecule has 2 N–H and O–H groups in total. The van der Waals surface area contributed by atoms with E-state index >= 15 is 0 Å². The number of hydrogen-bond donors (Lipinski definition) is 2. The van der Waals surface area contributed by atoms with Crippen LogP contribution in [0.25, 0.3) is 5.65 Å². The van der Waals surface area contributed by atoms with E-state index in [2.05, 4.69) is 36.2 Å². The minimum absolute atomic E-state index is 0.0632. The lowest BCUT2D eigenvalue weighted by Gasteiger charge is -2.09. The average molecular weight is 457 g/mol. The van der Waals surface area contributed by atoms with Gasteiger partial charge in [0.2, 0.25) is 17.7 Å². The first-order valence-corrected chi connectivity index (χ1v) is 9.55. The molecule has 0 saturated carbocycles. The summed E-state index contributed by atoms with van der Waals surface area (Å²) < 4.78 is 38.4. The molecule has 11 nitrogen and oxygen atoms in total. The van der Waals surface area contributed by atoms with Crippen LogP contribution < -0.4 is 19.5 Å². The number of fused-ring (bicyclic) bond motifs is 1. The van der Waals surface area contributed by atoms with E-state index in [1.54, 1.807) is 18.2 Å². The number of halogens is 1.